The number of nitrogen functional groups attached to an aromatic ring is 1. The van der Waals surface area contributed by atoms with Crippen LogP contribution in [0, 0.1) is 0 Å². The van der Waals surface area contributed by atoms with Crippen LogP contribution in [0.2, 0.25) is 0 Å². The molecule has 0 aliphatic rings. The lowest BCUT2D eigenvalue weighted by Crippen LogP contribution is -2.38. The van der Waals surface area contributed by atoms with Crippen LogP contribution in [0.5, 0.6) is 0 Å². The zero-order chi connectivity index (χ0) is 12.9. The number of hydrogen-bond acceptors (Lipinski definition) is 7. The van der Waals surface area contributed by atoms with Crippen molar-refractivity contribution in [3.05, 3.63) is 6.07 Å². The molecule has 0 radical (unpaired) electrons. The number of aliphatic hydroxyl groups excluding tert-OH is 1. The van der Waals surface area contributed by atoms with Gasteiger partial charge in [-0.2, -0.15) is 0 Å². The summed E-state index contributed by atoms with van der Waals surface area (Å²) in [5, 5.41) is 13.2. The topological polar surface area (TPSA) is 96.1 Å². The second-order valence-corrected chi connectivity index (χ2v) is 4.74. The summed E-state index contributed by atoms with van der Waals surface area (Å²) in [5.74, 6) is 6.54. The minimum Gasteiger partial charge on any atom is -0.394 e. The minimum absolute atomic E-state index is 0.0352. The second kappa shape index (κ2) is 6.04. The largest absolute Gasteiger partial charge is 0.394 e. The van der Waals surface area contributed by atoms with Crippen LogP contribution < -0.4 is 16.6 Å². The highest BCUT2D eigenvalue weighted by atomic mass is 32.2. The normalized spacial score (nSPS) is 14.2. The van der Waals surface area contributed by atoms with Crippen molar-refractivity contribution >= 4 is 23.4 Å². The van der Waals surface area contributed by atoms with E-state index >= 15 is 0 Å². The summed E-state index contributed by atoms with van der Waals surface area (Å²) in [5.41, 5.74) is 2.10. The molecular weight excluding hydrogens is 238 g/mol. The Morgan fingerprint density at radius 2 is 2.12 bits per heavy atom. The third kappa shape index (κ3) is 3.72. The summed E-state index contributed by atoms with van der Waals surface area (Å²) in [7, 11) is 0. The minimum atomic E-state index is -0.393. The van der Waals surface area contributed by atoms with Crippen molar-refractivity contribution in [2.75, 3.05) is 23.6 Å². The molecule has 1 rings (SSSR count). The summed E-state index contributed by atoms with van der Waals surface area (Å²) in [6, 6.07) is 1.71. The quantitative estimate of drug-likeness (QED) is 0.262. The molecular formula is C10H19N5OS. The van der Waals surface area contributed by atoms with Crippen molar-refractivity contribution in [3.8, 4) is 0 Å². The second-order valence-electron chi connectivity index (χ2n) is 3.97. The molecule has 1 aromatic heterocycles. The number of rotatable bonds is 6. The van der Waals surface area contributed by atoms with Gasteiger partial charge in [0.15, 0.2) is 5.16 Å². The van der Waals surface area contributed by atoms with Crippen molar-refractivity contribution in [1.29, 1.82) is 0 Å². The number of nitrogens with one attached hydrogen (secondary N) is 2. The Balaban J connectivity index is 2.97. The lowest BCUT2D eigenvalue weighted by atomic mass is 10.0. The SMILES string of the molecule is CCC(C)(CO)Nc1cc(NN)nc(SC)n1. The van der Waals surface area contributed by atoms with Gasteiger partial charge in [-0.05, 0) is 19.6 Å². The fourth-order valence-electron chi connectivity index (χ4n) is 1.20. The highest BCUT2D eigenvalue weighted by Crippen LogP contribution is 2.21. The molecule has 0 fully saturated rings. The molecule has 0 aromatic carbocycles. The van der Waals surface area contributed by atoms with Gasteiger partial charge in [-0.1, -0.05) is 18.7 Å². The van der Waals surface area contributed by atoms with Crippen molar-refractivity contribution in [1.82, 2.24) is 9.97 Å². The lowest BCUT2D eigenvalue weighted by Gasteiger charge is -2.28. The van der Waals surface area contributed by atoms with E-state index in [2.05, 4.69) is 20.7 Å². The molecule has 1 atom stereocenters. The number of nitrogens with two attached hydrogens (primary N) is 1. The number of thioether (sulfide) groups is 1. The van der Waals surface area contributed by atoms with Crippen LogP contribution in [0.4, 0.5) is 11.6 Å². The molecule has 0 aliphatic heterocycles. The van der Waals surface area contributed by atoms with Gasteiger partial charge in [0.25, 0.3) is 0 Å². The van der Waals surface area contributed by atoms with Crippen LogP contribution in [0.15, 0.2) is 11.2 Å². The first-order valence-electron chi connectivity index (χ1n) is 5.35. The molecule has 17 heavy (non-hydrogen) atoms. The van der Waals surface area contributed by atoms with Crippen molar-refractivity contribution in [2.24, 2.45) is 5.84 Å². The number of hydrazine groups is 1. The summed E-state index contributed by atoms with van der Waals surface area (Å²) in [6.45, 7) is 3.97. The number of aliphatic hydroxyl groups is 1. The molecule has 0 saturated heterocycles. The van der Waals surface area contributed by atoms with E-state index in [1.54, 1.807) is 6.07 Å². The van der Waals surface area contributed by atoms with Crippen LogP contribution in [0.25, 0.3) is 0 Å². The molecule has 96 valence electrons. The average molecular weight is 257 g/mol. The fourth-order valence-corrected chi connectivity index (χ4v) is 1.58. The van der Waals surface area contributed by atoms with Crippen LogP contribution in [-0.2, 0) is 0 Å². The predicted octanol–water partition coefficient (Wildman–Crippen LogP) is 1.06. The van der Waals surface area contributed by atoms with Crippen molar-refractivity contribution in [3.63, 3.8) is 0 Å². The molecule has 0 spiro atoms. The monoisotopic (exact) mass is 257 g/mol. The highest BCUT2D eigenvalue weighted by molar-refractivity contribution is 7.98. The van der Waals surface area contributed by atoms with E-state index < -0.39 is 5.54 Å². The third-order valence-electron chi connectivity index (χ3n) is 2.60. The Bertz CT molecular complexity index is 347. The average Bonchev–Trinajstić information content (AvgIpc) is 2.37. The molecule has 1 heterocycles. The standard InChI is InChI=1S/C10H19N5OS/c1-4-10(2,6-16)14-7-5-8(15-11)13-9(12-7)17-3/h5,16H,4,6,11H2,1-3H3,(H2,12,13,14,15). The van der Waals surface area contributed by atoms with Crippen LogP contribution in [0.1, 0.15) is 20.3 Å². The summed E-state index contributed by atoms with van der Waals surface area (Å²) < 4.78 is 0. The Hall–Kier alpha value is -1.05. The maximum atomic E-state index is 9.35. The smallest absolute Gasteiger partial charge is 0.191 e. The van der Waals surface area contributed by atoms with E-state index in [0.29, 0.717) is 16.8 Å². The maximum Gasteiger partial charge on any atom is 0.191 e. The van der Waals surface area contributed by atoms with Gasteiger partial charge >= 0.3 is 0 Å². The van der Waals surface area contributed by atoms with E-state index in [1.165, 1.54) is 11.8 Å². The first kappa shape index (κ1) is 14.0. The molecule has 7 heteroatoms. The zero-order valence-corrected chi connectivity index (χ0v) is 11.1. The zero-order valence-electron chi connectivity index (χ0n) is 10.3. The number of anilines is 2. The Kier molecular flexibility index (Phi) is 4.98. The van der Waals surface area contributed by atoms with E-state index in [1.807, 2.05) is 20.1 Å². The molecule has 0 aliphatic carbocycles. The first-order valence-corrected chi connectivity index (χ1v) is 6.58. The predicted molar refractivity (Wildman–Crippen MR) is 71.0 cm³/mol. The summed E-state index contributed by atoms with van der Waals surface area (Å²) in [6.07, 6.45) is 2.68. The number of nitrogens with zero attached hydrogens (tertiary/aromatic N) is 2. The first-order chi connectivity index (χ1) is 8.06. The van der Waals surface area contributed by atoms with Gasteiger partial charge in [-0.3, -0.25) is 0 Å². The van der Waals surface area contributed by atoms with Gasteiger partial charge in [-0.15, -0.1) is 0 Å². The molecule has 0 saturated carbocycles. The van der Waals surface area contributed by atoms with Gasteiger partial charge in [0.1, 0.15) is 11.6 Å². The van der Waals surface area contributed by atoms with Gasteiger partial charge in [0.05, 0.1) is 12.1 Å². The molecule has 0 bridgehead atoms. The molecule has 1 aromatic rings. The van der Waals surface area contributed by atoms with E-state index in [4.69, 9.17) is 5.84 Å². The van der Waals surface area contributed by atoms with Crippen LogP contribution in [-0.4, -0.2) is 33.5 Å². The van der Waals surface area contributed by atoms with Crippen molar-refractivity contribution in [2.45, 2.75) is 31.0 Å². The number of aromatic nitrogens is 2. The number of hydrogen-bond donors (Lipinski definition) is 4. The van der Waals surface area contributed by atoms with Gasteiger partial charge in [0.2, 0.25) is 0 Å². The Labute approximate surface area is 105 Å². The molecule has 5 N–H and O–H groups in total. The van der Waals surface area contributed by atoms with E-state index in [0.717, 1.165) is 6.42 Å². The fraction of sp³-hybridized carbons (Fsp3) is 0.600. The molecule has 0 amide bonds. The van der Waals surface area contributed by atoms with Crippen LogP contribution in [0.3, 0.4) is 0 Å². The Morgan fingerprint density at radius 3 is 2.59 bits per heavy atom. The van der Waals surface area contributed by atoms with Crippen molar-refractivity contribution < 1.29 is 5.11 Å². The summed E-state index contributed by atoms with van der Waals surface area (Å²) in [4.78, 5) is 8.48. The maximum absolute atomic E-state index is 9.35. The molecule has 1 unspecified atom stereocenters. The Morgan fingerprint density at radius 1 is 1.47 bits per heavy atom. The summed E-state index contributed by atoms with van der Waals surface area (Å²) >= 11 is 1.43. The van der Waals surface area contributed by atoms with Crippen LogP contribution >= 0.6 is 11.8 Å². The third-order valence-corrected chi connectivity index (χ3v) is 3.14. The highest BCUT2D eigenvalue weighted by Gasteiger charge is 2.21. The van der Waals surface area contributed by atoms with Gasteiger partial charge in [-0.25, -0.2) is 15.8 Å². The lowest BCUT2D eigenvalue weighted by molar-refractivity contribution is 0.218. The van der Waals surface area contributed by atoms with E-state index in [-0.39, 0.29) is 6.61 Å². The van der Waals surface area contributed by atoms with Gasteiger partial charge in [0, 0.05) is 6.07 Å². The van der Waals surface area contributed by atoms with Gasteiger partial charge < -0.3 is 15.8 Å². The van der Waals surface area contributed by atoms with E-state index in [9.17, 15) is 5.11 Å². The molecule has 6 nitrogen and oxygen atoms in total.